The lowest BCUT2D eigenvalue weighted by atomic mass is 10.0. The van der Waals surface area contributed by atoms with E-state index in [1.165, 1.54) is 0 Å². The van der Waals surface area contributed by atoms with E-state index in [2.05, 4.69) is 0 Å². The molecule has 0 aliphatic rings. The summed E-state index contributed by atoms with van der Waals surface area (Å²) in [5.41, 5.74) is 1.54. The second-order valence-electron chi connectivity index (χ2n) is 4.48. The van der Waals surface area contributed by atoms with Gasteiger partial charge in [0, 0.05) is 22.9 Å². The van der Waals surface area contributed by atoms with Crippen LogP contribution in [-0.2, 0) is 12.8 Å². The number of rotatable bonds is 4. The van der Waals surface area contributed by atoms with E-state index in [0.29, 0.717) is 32.9 Å². The van der Waals surface area contributed by atoms with Crippen LogP contribution in [0, 0.1) is 0 Å². The summed E-state index contributed by atoms with van der Waals surface area (Å²) in [7, 11) is 0. The number of aliphatic hydroxyl groups is 1. The van der Waals surface area contributed by atoms with Crippen LogP contribution in [0.25, 0.3) is 0 Å². The molecule has 0 radical (unpaired) electrons. The van der Waals surface area contributed by atoms with E-state index in [1.54, 1.807) is 30.3 Å². The van der Waals surface area contributed by atoms with Gasteiger partial charge in [-0.25, -0.2) is 0 Å². The van der Waals surface area contributed by atoms with E-state index in [-0.39, 0.29) is 0 Å². The van der Waals surface area contributed by atoms with Crippen molar-refractivity contribution >= 4 is 46.4 Å². The quantitative estimate of drug-likeness (QED) is 0.778. The van der Waals surface area contributed by atoms with Crippen LogP contribution in [0.1, 0.15) is 11.1 Å². The number of hydrogen-bond donors (Lipinski definition) is 1. The molecule has 1 unspecified atom stereocenters. The van der Waals surface area contributed by atoms with Gasteiger partial charge in [0.15, 0.2) is 0 Å². The molecule has 2 aromatic rings. The zero-order chi connectivity index (χ0) is 14.7. The van der Waals surface area contributed by atoms with Gasteiger partial charge in [0.25, 0.3) is 0 Å². The maximum atomic E-state index is 10.2. The van der Waals surface area contributed by atoms with E-state index >= 15 is 0 Å². The maximum Gasteiger partial charge on any atom is 0.0625 e. The first-order chi connectivity index (χ1) is 9.49. The third-order valence-electron chi connectivity index (χ3n) is 2.99. The minimum atomic E-state index is -0.636. The first-order valence-electron chi connectivity index (χ1n) is 6.03. The van der Waals surface area contributed by atoms with Crippen molar-refractivity contribution in [3.63, 3.8) is 0 Å². The lowest BCUT2D eigenvalue weighted by molar-refractivity contribution is 0.175. The Morgan fingerprint density at radius 3 is 2.00 bits per heavy atom. The van der Waals surface area contributed by atoms with Crippen LogP contribution in [-0.4, -0.2) is 11.2 Å². The molecule has 0 heterocycles. The molecule has 2 aromatic carbocycles. The fourth-order valence-electron chi connectivity index (χ4n) is 2.00. The zero-order valence-electron chi connectivity index (χ0n) is 10.4. The van der Waals surface area contributed by atoms with Crippen LogP contribution >= 0.6 is 46.4 Å². The summed E-state index contributed by atoms with van der Waals surface area (Å²) in [6.07, 6.45) is 0.117. The number of benzene rings is 2. The number of hydrogen-bond acceptors (Lipinski definition) is 1. The van der Waals surface area contributed by atoms with E-state index in [4.69, 9.17) is 46.4 Å². The Balaban J connectivity index is 2.13. The van der Waals surface area contributed by atoms with Gasteiger partial charge in [0.1, 0.15) is 0 Å². The smallest absolute Gasteiger partial charge is 0.0625 e. The second-order valence-corrected chi connectivity index (χ2v) is 6.07. The SMILES string of the molecule is OC(Cc1cccc(Cl)c1Cl)Cc1c(Cl)cccc1Cl. The Hall–Kier alpha value is -0.440. The fraction of sp³-hybridized carbons (Fsp3) is 0.200. The van der Waals surface area contributed by atoms with Crippen molar-refractivity contribution in [1.29, 1.82) is 0 Å². The van der Waals surface area contributed by atoms with Gasteiger partial charge in [-0.05, 0) is 29.3 Å². The molecule has 0 aliphatic carbocycles. The van der Waals surface area contributed by atoms with Gasteiger partial charge in [0.05, 0.1) is 16.1 Å². The standard InChI is InChI=1S/C15H12Cl4O/c16-12-4-2-5-13(17)11(12)8-10(20)7-9-3-1-6-14(18)15(9)19/h1-6,10,20H,7-8H2. The minimum absolute atomic E-state index is 0.362. The molecule has 0 aromatic heterocycles. The van der Waals surface area contributed by atoms with Crippen molar-refractivity contribution < 1.29 is 5.11 Å². The molecule has 2 rings (SSSR count). The van der Waals surface area contributed by atoms with Crippen LogP contribution in [0.3, 0.4) is 0 Å². The van der Waals surface area contributed by atoms with Gasteiger partial charge >= 0.3 is 0 Å². The molecule has 106 valence electrons. The van der Waals surface area contributed by atoms with Crippen LogP contribution in [0.4, 0.5) is 0 Å². The molecule has 0 saturated heterocycles. The lowest BCUT2D eigenvalue weighted by Crippen LogP contribution is -2.15. The summed E-state index contributed by atoms with van der Waals surface area (Å²) >= 11 is 24.2. The predicted octanol–water partition coefficient (Wildman–Crippen LogP) is 5.45. The highest BCUT2D eigenvalue weighted by molar-refractivity contribution is 6.42. The molecular weight excluding hydrogens is 338 g/mol. The monoisotopic (exact) mass is 348 g/mol. The van der Waals surface area contributed by atoms with Gasteiger partial charge in [-0.1, -0.05) is 64.6 Å². The first kappa shape index (κ1) is 15.9. The van der Waals surface area contributed by atoms with E-state index in [9.17, 15) is 5.11 Å². The fourth-order valence-corrected chi connectivity index (χ4v) is 2.94. The Morgan fingerprint density at radius 1 is 0.800 bits per heavy atom. The molecule has 1 N–H and O–H groups in total. The highest BCUT2D eigenvalue weighted by atomic mass is 35.5. The average molecular weight is 350 g/mol. The van der Waals surface area contributed by atoms with Crippen LogP contribution in [0.5, 0.6) is 0 Å². The molecule has 5 heteroatoms. The minimum Gasteiger partial charge on any atom is -0.392 e. The van der Waals surface area contributed by atoms with Crippen molar-refractivity contribution in [2.24, 2.45) is 0 Å². The second kappa shape index (κ2) is 7.02. The highest BCUT2D eigenvalue weighted by Crippen LogP contribution is 2.29. The summed E-state index contributed by atoms with van der Waals surface area (Å²) in [6, 6.07) is 10.6. The third kappa shape index (κ3) is 3.81. The molecular formula is C15H12Cl4O. The predicted molar refractivity (Wildman–Crippen MR) is 86.3 cm³/mol. The van der Waals surface area contributed by atoms with Crippen molar-refractivity contribution in [3.8, 4) is 0 Å². The number of aliphatic hydroxyl groups excluding tert-OH is 1. The molecule has 1 nitrogen and oxygen atoms in total. The highest BCUT2D eigenvalue weighted by Gasteiger charge is 2.14. The van der Waals surface area contributed by atoms with Crippen LogP contribution in [0.15, 0.2) is 36.4 Å². The average Bonchev–Trinajstić information content (AvgIpc) is 2.39. The molecule has 0 aliphatic heterocycles. The van der Waals surface area contributed by atoms with Gasteiger partial charge in [0.2, 0.25) is 0 Å². The third-order valence-corrected chi connectivity index (χ3v) is 4.55. The Morgan fingerprint density at radius 2 is 1.35 bits per heavy atom. The molecule has 0 bridgehead atoms. The Labute approximate surface area is 138 Å². The normalized spacial score (nSPS) is 12.4. The summed E-state index contributed by atoms with van der Waals surface area (Å²) < 4.78 is 0. The molecule has 0 amide bonds. The summed E-state index contributed by atoms with van der Waals surface area (Å²) in [4.78, 5) is 0. The van der Waals surface area contributed by atoms with Crippen molar-refractivity contribution in [2.45, 2.75) is 18.9 Å². The summed E-state index contributed by atoms with van der Waals surface area (Å²) in [5.74, 6) is 0. The first-order valence-corrected chi connectivity index (χ1v) is 7.54. The number of halogens is 4. The van der Waals surface area contributed by atoms with E-state index < -0.39 is 6.10 Å². The summed E-state index contributed by atoms with van der Waals surface area (Å²) in [5, 5.41) is 12.3. The van der Waals surface area contributed by atoms with E-state index in [1.807, 2.05) is 6.07 Å². The Bertz CT molecular complexity index is 593. The summed E-state index contributed by atoms with van der Waals surface area (Å²) in [6.45, 7) is 0. The van der Waals surface area contributed by atoms with Crippen LogP contribution < -0.4 is 0 Å². The van der Waals surface area contributed by atoms with Crippen molar-refractivity contribution in [1.82, 2.24) is 0 Å². The van der Waals surface area contributed by atoms with E-state index in [0.717, 1.165) is 11.1 Å². The zero-order valence-corrected chi connectivity index (χ0v) is 13.4. The molecule has 0 fully saturated rings. The van der Waals surface area contributed by atoms with Crippen LogP contribution in [0.2, 0.25) is 20.1 Å². The molecule has 0 saturated carbocycles. The van der Waals surface area contributed by atoms with Gasteiger partial charge in [-0.2, -0.15) is 0 Å². The van der Waals surface area contributed by atoms with Gasteiger partial charge in [-0.15, -0.1) is 0 Å². The maximum absolute atomic E-state index is 10.2. The molecule has 20 heavy (non-hydrogen) atoms. The van der Waals surface area contributed by atoms with Crippen molar-refractivity contribution in [3.05, 3.63) is 67.6 Å². The van der Waals surface area contributed by atoms with Gasteiger partial charge in [-0.3, -0.25) is 0 Å². The lowest BCUT2D eigenvalue weighted by Gasteiger charge is -2.14. The molecule has 0 spiro atoms. The molecule has 1 atom stereocenters. The van der Waals surface area contributed by atoms with Gasteiger partial charge < -0.3 is 5.11 Å². The topological polar surface area (TPSA) is 20.2 Å². The Kier molecular flexibility index (Phi) is 5.59. The van der Waals surface area contributed by atoms with Crippen molar-refractivity contribution in [2.75, 3.05) is 0 Å². The largest absolute Gasteiger partial charge is 0.392 e.